The Hall–Kier alpha value is -3.44. The first-order valence-corrected chi connectivity index (χ1v) is 9.49. The number of fused-ring (bicyclic) bond motifs is 3. The van der Waals surface area contributed by atoms with E-state index in [1.54, 1.807) is 30.3 Å². The largest absolute Gasteiger partial charge is 0.480 e. The molecule has 1 aliphatic rings. The minimum atomic E-state index is -1.42. The zero-order chi connectivity index (χ0) is 20.4. The molecule has 3 N–H and O–H groups in total. The van der Waals surface area contributed by atoms with Gasteiger partial charge in [0.25, 0.3) is 0 Å². The second-order valence-electron chi connectivity index (χ2n) is 7.17. The first-order chi connectivity index (χ1) is 14.1. The standard InChI is InChI=1S/C24H21NO4/c26-21(25-22(24(28)29)23(27)15-8-2-1-3-9-15)14-20-18-12-6-4-10-16(18)17-11-5-7-13-19(17)20/h1-13,20,22-23,27H,14H2,(H,25,26)(H,28,29)/t22-,23-/m1/s1. The predicted octanol–water partition coefficient (Wildman–Crippen LogP) is 3.49. The third kappa shape index (κ3) is 3.65. The van der Waals surface area contributed by atoms with Crippen LogP contribution in [0.4, 0.5) is 0 Å². The Morgan fingerprint density at radius 2 is 1.34 bits per heavy atom. The van der Waals surface area contributed by atoms with Crippen molar-refractivity contribution < 1.29 is 19.8 Å². The van der Waals surface area contributed by atoms with Gasteiger partial charge in [0.2, 0.25) is 5.91 Å². The van der Waals surface area contributed by atoms with Crippen LogP contribution in [0, 0.1) is 0 Å². The van der Waals surface area contributed by atoms with E-state index in [1.165, 1.54) is 0 Å². The van der Waals surface area contributed by atoms with Gasteiger partial charge in [-0.05, 0) is 27.8 Å². The van der Waals surface area contributed by atoms with Crippen molar-refractivity contribution in [3.8, 4) is 11.1 Å². The summed E-state index contributed by atoms with van der Waals surface area (Å²) in [7, 11) is 0. The molecule has 0 bridgehead atoms. The second-order valence-corrected chi connectivity index (χ2v) is 7.17. The summed E-state index contributed by atoms with van der Waals surface area (Å²) >= 11 is 0. The maximum atomic E-state index is 12.8. The number of carbonyl (C=O) groups is 2. The van der Waals surface area contributed by atoms with Crippen LogP contribution in [0.1, 0.15) is 35.1 Å². The third-order valence-corrected chi connectivity index (χ3v) is 5.39. The van der Waals surface area contributed by atoms with Gasteiger partial charge < -0.3 is 15.5 Å². The van der Waals surface area contributed by atoms with Gasteiger partial charge in [0, 0.05) is 12.3 Å². The Morgan fingerprint density at radius 1 is 0.828 bits per heavy atom. The van der Waals surface area contributed by atoms with Crippen molar-refractivity contribution in [2.45, 2.75) is 24.5 Å². The fourth-order valence-corrected chi connectivity index (χ4v) is 4.02. The minimum absolute atomic E-state index is 0.110. The van der Waals surface area contributed by atoms with E-state index >= 15 is 0 Å². The molecule has 146 valence electrons. The Kier molecular flexibility index (Phi) is 5.14. The SMILES string of the molecule is O=C(CC1c2ccccc2-c2ccccc21)N[C@@H](C(=O)O)[C@H](O)c1ccccc1. The van der Waals surface area contributed by atoms with Gasteiger partial charge >= 0.3 is 5.97 Å². The number of carboxylic acids is 1. The quantitative estimate of drug-likeness (QED) is 0.604. The average Bonchev–Trinajstić information content (AvgIpc) is 3.06. The molecule has 2 atom stereocenters. The van der Waals surface area contributed by atoms with E-state index in [4.69, 9.17) is 0 Å². The fourth-order valence-electron chi connectivity index (χ4n) is 4.02. The molecular weight excluding hydrogens is 366 g/mol. The lowest BCUT2D eigenvalue weighted by Gasteiger charge is -2.22. The van der Waals surface area contributed by atoms with Gasteiger partial charge in [0.05, 0.1) is 0 Å². The second kappa shape index (κ2) is 7.89. The monoisotopic (exact) mass is 387 g/mol. The highest BCUT2D eigenvalue weighted by molar-refractivity contribution is 5.87. The normalized spacial score (nSPS) is 14.5. The zero-order valence-electron chi connectivity index (χ0n) is 15.7. The maximum Gasteiger partial charge on any atom is 0.329 e. The van der Waals surface area contributed by atoms with Crippen LogP contribution < -0.4 is 5.32 Å². The smallest absolute Gasteiger partial charge is 0.329 e. The van der Waals surface area contributed by atoms with Gasteiger partial charge in [-0.3, -0.25) is 4.79 Å². The van der Waals surface area contributed by atoms with Crippen molar-refractivity contribution in [3.05, 3.63) is 95.6 Å². The molecule has 29 heavy (non-hydrogen) atoms. The van der Waals surface area contributed by atoms with Crippen LogP contribution in [-0.4, -0.2) is 28.1 Å². The molecule has 0 saturated carbocycles. The molecule has 0 aliphatic heterocycles. The number of aliphatic carboxylic acids is 1. The van der Waals surface area contributed by atoms with E-state index in [2.05, 4.69) is 5.32 Å². The molecule has 0 radical (unpaired) electrons. The van der Waals surface area contributed by atoms with Crippen LogP contribution in [0.15, 0.2) is 78.9 Å². The molecule has 0 aromatic heterocycles. The summed E-state index contributed by atoms with van der Waals surface area (Å²) in [6.45, 7) is 0. The molecule has 5 heteroatoms. The number of aliphatic hydroxyl groups is 1. The molecule has 4 rings (SSSR count). The fraction of sp³-hybridized carbons (Fsp3) is 0.167. The molecule has 3 aromatic carbocycles. The highest BCUT2D eigenvalue weighted by Crippen LogP contribution is 2.46. The molecule has 0 heterocycles. The van der Waals surface area contributed by atoms with Crippen LogP contribution in [0.25, 0.3) is 11.1 Å². The molecular formula is C24H21NO4. The van der Waals surface area contributed by atoms with E-state index in [9.17, 15) is 19.8 Å². The average molecular weight is 387 g/mol. The summed E-state index contributed by atoms with van der Waals surface area (Å²) in [6.07, 6.45) is -1.22. The van der Waals surface area contributed by atoms with Crippen LogP contribution in [0.3, 0.4) is 0 Å². The summed E-state index contributed by atoms with van der Waals surface area (Å²) in [5, 5.41) is 22.6. The molecule has 0 saturated heterocycles. The van der Waals surface area contributed by atoms with E-state index in [-0.39, 0.29) is 12.3 Å². The van der Waals surface area contributed by atoms with Crippen LogP contribution >= 0.6 is 0 Å². The van der Waals surface area contributed by atoms with Gasteiger partial charge in [0.1, 0.15) is 6.10 Å². The molecule has 3 aromatic rings. The number of nitrogens with one attached hydrogen (secondary N) is 1. The van der Waals surface area contributed by atoms with Crippen molar-refractivity contribution >= 4 is 11.9 Å². The van der Waals surface area contributed by atoms with Crippen LogP contribution in [-0.2, 0) is 9.59 Å². The Morgan fingerprint density at radius 3 is 1.90 bits per heavy atom. The summed E-state index contributed by atoms with van der Waals surface area (Å²) in [6, 6.07) is 22.9. The lowest BCUT2D eigenvalue weighted by atomic mass is 9.93. The minimum Gasteiger partial charge on any atom is -0.480 e. The summed E-state index contributed by atoms with van der Waals surface area (Å²) < 4.78 is 0. The van der Waals surface area contributed by atoms with Crippen molar-refractivity contribution in [1.82, 2.24) is 5.32 Å². The molecule has 5 nitrogen and oxygen atoms in total. The third-order valence-electron chi connectivity index (χ3n) is 5.39. The number of benzene rings is 3. The Bertz CT molecular complexity index is 1000. The number of carbonyl (C=O) groups excluding carboxylic acids is 1. The van der Waals surface area contributed by atoms with Gasteiger partial charge in [0.15, 0.2) is 6.04 Å². The van der Waals surface area contributed by atoms with Gasteiger partial charge in [-0.1, -0.05) is 78.9 Å². The Balaban J connectivity index is 1.55. The topological polar surface area (TPSA) is 86.6 Å². The molecule has 0 unspecified atom stereocenters. The highest BCUT2D eigenvalue weighted by atomic mass is 16.4. The summed E-state index contributed by atoms with van der Waals surface area (Å²) in [5.74, 6) is -1.84. The molecule has 1 amide bonds. The first-order valence-electron chi connectivity index (χ1n) is 9.49. The van der Waals surface area contributed by atoms with Crippen molar-refractivity contribution in [2.24, 2.45) is 0 Å². The van der Waals surface area contributed by atoms with E-state index < -0.39 is 24.0 Å². The van der Waals surface area contributed by atoms with Gasteiger partial charge in [-0.25, -0.2) is 4.79 Å². The van der Waals surface area contributed by atoms with Crippen molar-refractivity contribution in [2.75, 3.05) is 0 Å². The number of hydrogen-bond donors (Lipinski definition) is 3. The van der Waals surface area contributed by atoms with Gasteiger partial charge in [-0.2, -0.15) is 0 Å². The van der Waals surface area contributed by atoms with Crippen LogP contribution in [0.5, 0.6) is 0 Å². The highest BCUT2D eigenvalue weighted by Gasteiger charge is 2.33. The first kappa shape index (κ1) is 18.9. The Labute approximate surface area is 168 Å². The van der Waals surface area contributed by atoms with Crippen molar-refractivity contribution in [3.63, 3.8) is 0 Å². The zero-order valence-corrected chi connectivity index (χ0v) is 15.7. The summed E-state index contributed by atoms with van der Waals surface area (Å²) in [5.41, 5.74) is 4.75. The number of hydrogen-bond acceptors (Lipinski definition) is 3. The van der Waals surface area contributed by atoms with Crippen LogP contribution in [0.2, 0.25) is 0 Å². The van der Waals surface area contributed by atoms with E-state index in [0.717, 1.165) is 22.3 Å². The summed E-state index contributed by atoms with van der Waals surface area (Å²) in [4.78, 5) is 24.5. The number of rotatable bonds is 6. The predicted molar refractivity (Wildman–Crippen MR) is 109 cm³/mol. The number of amides is 1. The number of carboxylic acid groups (broad SMARTS) is 1. The molecule has 0 fully saturated rings. The molecule has 1 aliphatic carbocycles. The molecule has 0 spiro atoms. The van der Waals surface area contributed by atoms with Crippen molar-refractivity contribution in [1.29, 1.82) is 0 Å². The van der Waals surface area contributed by atoms with E-state index in [0.29, 0.717) is 5.56 Å². The maximum absolute atomic E-state index is 12.8. The number of aliphatic hydroxyl groups excluding tert-OH is 1. The lowest BCUT2D eigenvalue weighted by molar-refractivity contribution is -0.145. The van der Waals surface area contributed by atoms with E-state index in [1.807, 2.05) is 48.5 Å². The van der Waals surface area contributed by atoms with Gasteiger partial charge in [-0.15, -0.1) is 0 Å². The lowest BCUT2D eigenvalue weighted by Crippen LogP contribution is -2.45.